The first kappa shape index (κ1) is 20.8. The second-order valence-electron chi connectivity index (χ2n) is 6.83. The van der Waals surface area contributed by atoms with Crippen molar-refractivity contribution in [3.05, 3.63) is 71.4 Å². The molecular formula is C22H21N3O5. The molecule has 0 aromatic heterocycles. The normalized spacial score (nSPS) is 15.9. The van der Waals surface area contributed by atoms with Crippen LogP contribution in [0.1, 0.15) is 22.3 Å². The Labute approximate surface area is 173 Å². The Morgan fingerprint density at radius 3 is 2.40 bits per heavy atom. The molecule has 1 heterocycles. The van der Waals surface area contributed by atoms with Gasteiger partial charge in [0.1, 0.15) is 5.70 Å². The van der Waals surface area contributed by atoms with Gasteiger partial charge in [-0.25, -0.2) is 9.79 Å². The summed E-state index contributed by atoms with van der Waals surface area (Å²) < 4.78 is 5.16. The summed E-state index contributed by atoms with van der Waals surface area (Å²) in [6.45, 7) is 0. The summed E-state index contributed by atoms with van der Waals surface area (Å²) in [5.74, 6) is -2.46. The Hall–Kier alpha value is -3.94. The first-order chi connectivity index (χ1) is 14.3. The molecule has 2 N–H and O–H groups in total. The van der Waals surface area contributed by atoms with Crippen molar-refractivity contribution in [2.45, 2.75) is 12.5 Å². The lowest BCUT2D eigenvalue weighted by molar-refractivity contribution is -0.142. The van der Waals surface area contributed by atoms with E-state index in [-0.39, 0.29) is 11.6 Å². The van der Waals surface area contributed by atoms with Crippen LogP contribution in [0, 0.1) is 0 Å². The van der Waals surface area contributed by atoms with Crippen LogP contribution in [0.15, 0.2) is 65.3 Å². The Balaban J connectivity index is 1.93. The number of hydrogen-bond donors (Lipinski definition) is 2. The van der Waals surface area contributed by atoms with Crippen LogP contribution in [0.3, 0.4) is 0 Å². The molecule has 1 aliphatic rings. The molecule has 1 atom stereocenters. The molecule has 30 heavy (non-hydrogen) atoms. The van der Waals surface area contributed by atoms with Crippen LogP contribution in [0.25, 0.3) is 6.08 Å². The smallest absolute Gasteiger partial charge is 0.338 e. The zero-order valence-electron chi connectivity index (χ0n) is 16.5. The summed E-state index contributed by atoms with van der Waals surface area (Å²) in [7, 11) is 3.84. The minimum atomic E-state index is -1.17. The standard InChI is InChI=1S/C22H21N3O5/c1-25(2)16-10-8-14(9-11-16)12-17(23-20(28)15-6-4-3-5-7-15)21-24-18(13-19(26)27)22(29)30-21/h3-12,18H,13H2,1-2H3,(H,23,28)(H,26,27)/b17-12+. The Morgan fingerprint density at radius 2 is 1.80 bits per heavy atom. The van der Waals surface area contributed by atoms with E-state index in [0.717, 1.165) is 11.3 Å². The van der Waals surface area contributed by atoms with Gasteiger partial charge >= 0.3 is 11.9 Å². The fourth-order valence-electron chi connectivity index (χ4n) is 2.77. The van der Waals surface area contributed by atoms with E-state index in [9.17, 15) is 14.4 Å². The number of benzene rings is 2. The number of cyclic esters (lactones) is 1. The minimum Gasteiger partial charge on any atom is -0.481 e. The van der Waals surface area contributed by atoms with E-state index < -0.39 is 30.3 Å². The van der Waals surface area contributed by atoms with Crippen molar-refractivity contribution >= 4 is 35.5 Å². The predicted molar refractivity (Wildman–Crippen MR) is 112 cm³/mol. The van der Waals surface area contributed by atoms with Crippen LogP contribution in [0.4, 0.5) is 5.69 Å². The maximum Gasteiger partial charge on any atom is 0.338 e. The summed E-state index contributed by atoms with van der Waals surface area (Å²) >= 11 is 0. The number of carboxylic acid groups (broad SMARTS) is 1. The van der Waals surface area contributed by atoms with Crippen molar-refractivity contribution in [2.75, 3.05) is 19.0 Å². The number of hydrogen-bond acceptors (Lipinski definition) is 6. The molecule has 0 radical (unpaired) electrons. The molecule has 3 rings (SSSR count). The number of ether oxygens (including phenoxy) is 1. The molecular weight excluding hydrogens is 386 g/mol. The van der Waals surface area contributed by atoms with Crippen molar-refractivity contribution in [2.24, 2.45) is 4.99 Å². The number of carbonyl (C=O) groups is 3. The maximum absolute atomic E-state index is 12.6. The third kappa shape index (κ3) is 5.11. The van der Waals surface area contributed by atoms with Crippen LogP contribution < -0.4 is 10.2 Å². The minimum absolute atomic E-state index is 0.118. The Bertz CT molecular complexity index is 1010. The van der Waals surface area contributed by atoms with Crippen LogP contribution in [-0.2, 0) is 14.3 Å². The monoisotopic (exact) mass is 407 g/mol. The summed E-state index contributed by atoms with van der Waals surface area (Å²) in [6, 6.07) is 14.9. The fraction of sp³-hybridized carbons (Fsp3) is 0.182. The summed E-state index contributed by atoms with van der Waals surface area (Å²) in [5.41, 5.74) is 2.32. The van der Waals surface area contributed by atoms with Crippen LogP contribution in [-0.4, -0.2) is 49.0 Å². The van der Waals surface area contributed by atoms with Crippen molar-refractivity contribution < 1.29 is 24.2 Å². The van der Waals surface area contributed by atoms with E-state index in [0.29, 0.717) is 5.56 Å². The Kier molecular flexibility index (Phi) is 6.26. The van der Waals surface area contributed by atoms with Gasteiger partial charge in [0, 0.05) is 25.3 Å². The summed E-state index contributed by atoms with van der Waals surface area (Å²) in [4.78, 5) is 41.6. The van der Waals surface area contributed by atoms with Crippen molar-refractivity contribution in [3.63, 3.8) is 0 Å². The van der Waals surface area contributed by atoms with E-state index in [2.05, 4.69) is 10.3 Å². The molecule has 2 aromatic carbocycles. The van der Waals surface area contributed by atoms with E-state index in [1.807, 2.05) is 43.3 Å². The van der Waals surface area contributed by atoms with Gasteiger partial charge in [0.2, 0.25) is 5.90 Å². The number of nitrogens with one attached hydrogen (secondary N) is 1. The topological polar surface area (TPSA) is 108 Å². The number of carboxylic acids is 1. The highest BCUT2D eigenvalue weighted by Gasteiger charge is 2.33. The van der Waals surface area contributed by atoms with Gasteiger partial charge in [-0.2, -0.15) is 0 Å². The van der Waals surface area contributed by atoms with Gasteiger partial charge in [-0.05, 0) is 35.9 Å². The molecule has 8 nitrogen and oxygen atoms in total. The molecule has 1 unspecified atom stereocenters. The highest BCUT2D eigenvalue weighted by molar-refractivity contribution is 6.11. The lowest BCUT2D eigenvalue weighted by Gasteiger charge is -2.13. The zero-order chi connectivity index (χ0) is 21.7. The first-order valence-corrected chi connectivity index (χ1v) is 9.20. The van der Waals surface area contributed by atoms with Gasteiger partial charge in [0.15, 0.2) is 6.04 Å². The molecule has 2 aromatic rings. The van der Waals surface area contributed by atoms with Gasteiger partial charge in [-0.15, -0.1) is 0 Å². The fourth-order valence-corrected chi connectivity index (χ4v) is 2.77. The van der Waals surface area contributed by atoms with Gasteiger partial charge in [0.25, 0.3) is 5.91 Å². The quantitative estimate of drug-likeness (QED) is 0.682. The maximum atomic E-state index is 12.6. The number of aliphatic carboxylic acids is 1. The number of aliphatic imine (C=N–C) groups is 1. The van der Waals surface area contributed by atoms with Crippen LogP contribution in [0.2, 0.25) is 0 Å². The van der Waals surface area contributed by atoms with Crippen LogP contribution in [0.5, 0.6) is 0 Å². The lowest BCUT2D eigenvalue weighted by Crippen LogP contribution is -2.28. The number of amides is 1. The molecule has 8 heteroatoms. The molecule has 1 amide bonds. The SMILES string of the molecule is CN(C)c1ccc(/C=C(/NC(=O)c2ccccc2)C2=NC(CC(=O)O)C(=O)O2)cc1. The van der Waals surface area contributed by atoms with E-state index in [1.54, 1.807) is 36.4 Å². The second kappa shape index (κ2) is 9.04. The van der Waals surface area contributed by atoms with Crippen molar-refractivity contribution in [3.8, 4) is 0 Å². The summed E-state index contributed by atoms with van der Waals surface area (Å²) in [5, 5.41) is 11.7. The predicted octanol–water partition coefficient (Wildman–Crippen LogP) is 2.32. The number of carbonyl (C=O) groups excluding carboxylic acids is 2. The third-order valence-corrected chi connectivity index (χ3v) is 4.35. The number of esters is 1. The molecule has 0 saturated heterocycles. The van der Waals surface area contributed by atoms with Gasteiger partial charge in [-0.1, -0.05) is 30.3 Å². The molecule has 0 bridgehead atoms. The largest absolute Gasteiger partial charge is 0.481 e. The highest BCUT2D eigenvalue weighted by Crippen LogP contribution is 2.19. The van der Waals surface area contributed by atoms with E-state index >= 15 is 0 Å². The molecule has 154 valence electrons. The molecule has 0 aliphatic carbocycles. The van der Waals surface area contributed by atoms with Crippen molar-refractivity contribution in [1.29, 1.82) is 0 Å². The third-order valence-electron chi connectivity index (χ3n) is 4.35. The average molecular weight is 407 g/mol. The summed E-state index contributed by atoms with van der Waals surface area (Å²) in [6.07, 6.45) is 1.13. The molecule has 0 fully saturated rings. The number of nitrogens with zero attached hydrogens (tertiary/aromatic N) is 2. The van der Waals surface area contributed by atoms with E-state index in [4.69, 9.17) is 9.84 Å². The van der Waals surface area contributed by atoms with E-state index in [1.165, 1.54) is 0 Å². The number of anilines is 1. The van der Waals surface area contributed by atoms with Crippen LogP contribution >= 0.6 is 0 Å². The average Bonchev–Trinajstić information content (AvgIpc) is 3.08. The highest BCUT2D eigenvalue weighted by atomic mass is 16.6. The number of rotatable bonds is 7. The van der Waals surface area contributed by atoms with Gasteiger partial charge in [-0.3, -0.25) is 9.59 Å². The zero-order valence-corrected chi connectivity index (χ0v) is 16.5. The molecule has 0 saturated carbocycles. The molecule has 0 spiro atoms. The van der Waals surface area contributed by atoms with Crippen molar-refractivity contribution in [1.82, 2.24) is 5.32 Å². The lowest BCUT2D eigenvalue weighted by atomic mass is 10.1. The molecule has 1 aliphatic heterocycles. The second-order valence-corrected chi connectivity index (χ2v) is 6.83. The first-order valence-electron chi connectivity index (χ1n) is 9.20. The van der Waals surface area contributed by atoms with Gasteiger partial charge in [0.05, 0.1) is 6.42 Å². The van der Waals surface area contributed by atoms with Gasteiger partial charge < -0.3 is 20.1 Å². The Morgan fingerprint density at radius 1 is 1.13 bits per heavy atom.